The predicted molar refractivity (Wildman–Crippen MR) is 88.8 cm³/mol. The van der Waals surface area contributed by atoms with Crippen molar-refractivity contribution in [1.82, 2.24) is 4.90 Å². The van der Waals surface area contributed by atoms with Gasteiger partial charge in [0.05, 0.1) is 16.3 Å². The Balaban J connectivity index is 1.75. The van der Waals surface area contributed by atoms with Crippen LogP contribution in [0.25, 0.3) is 0 Å². The molecular weight excluding hydrogens is 369 g/mol. The second kappa shape index (κ2) is 5.74. The van der Waals surface area contributed by atoms with Crippen molar-refractivity contribution in [3.05, 3.63) is 64.2 Å². The summed E-state index contributed by atoms with van der Waals surface area (Å²) in [7, 11) is 0. The average Bonchev–Trinajstić information content (AvgIpc) is 2.83. The van der Waals surface area contributed by atoms with Gasteiger partial charge in [0.25, 0.3) is 5.91 Å². The van der Waals surface area contributed by atoms with Gasteiger partial charge in [-0.2, -0.15) is 13.2 Å². The Hall–Kier alpha value is -2.54. The fourth-order valence-electron chi connectivity index (χ4n) is 3.40. The van der Waals surface area contributed by atoms with E-state index in [4.69, 9.17) is 11.6 Å². The topological polar surface area (TPSA) is 40.6 Å². The maximum absolute atomic E-state index is 13.0. The third-order valence-corrected chi connectivity index (χ3v) is 5.02. The highest BCUT2D eigenvalue weighted by atomic mass is 35.5. The van der Waals surface area contributed by atoms with Crippen LogP contribution in [0.1, 0.15) is 16.7 Å². The summed E-state index contributed by atoms with van der Waals surface area (Å²) in [5.41, 5.74) is 0.661. The lowest BCUT2D eigenvalue weighted by atomic mass is 9.95. The summed E-state index contributed by atoms with van der Waals surface area (Å²) in [5.74, 6) is -0.564. The standard InChI is InChI=1S/C18H12ClF3N2O2/c19-13-6-5-12(18(20,21)22)8-14(13)24-16(25)15-7-10-3-1-2-4-11(10)9-23(15)17(24)26/h1-6,8,15H,7,9H2/t15-/m0/s1. The van der Waals surface area contributed by atoms with Crippen molar-refractivity contribution in [3.63, 3.8) is 0 Å². The number of amides is 3. The smallest absolute Gasteiger partial charge is 0.307 e. The van der Waals surface area contributed by atoms with Gasteiger partial charge in [0, 0.05) is 13.0 Å². The monoisotopic (exact) mass is 380 g/mol. The molecule has 8 heteroatoms. The predicted octanol–water partition coefficient (Wildman–Crippen LogP) is 4.25. The number of fused-ring (bicyclic) bond motifs is 2. The van der Waals surface area contributed by atoms with Gasteiger partial charge in [0.1, 0.15) is 6.04 Å². The van der Waals surface area contributed by atoms with Gasteiger partial charge >= 0.3 is 12.2 Å². The zero-order chi connectivity index (χ0) is 18.6. The molecular formula is C18H12ClF3N2O2. The molecule has 0 bridgehead atoms. The minimum atomic E-state index is -4.60. The van der Waals surface area contributed by atoms with E-state index in [-0.39, 0.29) is 17.3 Å². The molecule has 0 spiro atoms. The van der Waals surface area contributed by atoms with Crippen LogP contribution in [0.2, 0.25) is 5.02 Å². The molecule has 4 nitrogen and oxygen atoms in total. The molecule has 0 N–H and O–H groups in total. The van der Waals surface area contributed by atoms with Crippen molar-refractivity contribution in [2.24, 2.45) is 0 Å². The Kier molecular flexibility index (Phi) is 3.73. The van der Waals surface area contributed by atoms with E-state index in [9.17, 15) is 22.8 Å². The van der Waals surface area contributed by atoms with Crippen LogP contribution in [-0.2, 0) is 23.9 Å². The molecule has 0 aromatic heterocycles. The second-order valence-corrected chi connectivity index (χ2v) is 6.64. The highest BCUT2D eigenvalue weighted by Gasteiger charge is 2.48. The maximum atomic E-state index is 13.0. The molecule has 1 fully saturated rings. The third-order valence-electron chi connectivity index (χ3n) is 4.71. The van der Waals surface area contributed by atoms with Gasteiger partial charge in [-0.25, -0.2) is 9.69 Å². The number of hydrogen-bond donors (Lipinski definition) is 0. The Labute approximate surface area is 151 Å². The number of carbonyl (C=O) groups excluding carboxylic acids is 2. The number of urea groups is 1. The number of imide groups is 1. The molecule has 4 rings (SSSR count). The van der Waals surface area contributed by atoms with Gasteiger partial charge in [-0.05, 0) is 29.3 Å². The van der Waals surface area contributed by atoms with Gasteiger partial charge in [0.15, 0.2) is 0 Å². The average molecular weight is 381 g/mol. The summed E-state index contributed by atoms with van der Waals surface area (Å²) in [5, 5.41) is -0.0861. The second-order valence-electron chi connectivity index (χ2n) is 6.24. The highest BCUT2D eigenvalue weighted by Crippen LogP contribution is 2.39. The van der Waals surface area contributed by atoms with E-state index in [0.29, 0.717) is 6.42 Å². The van der Waals surface area contributed by atoms with Crippen molar-refractivity contribution in [2.75, 3.05) is 4.90 Å². The first-order valence-electron chi connectivity index (χ1n) is 7.85. The molecule has 2 heterocycles. The van der Waals surface area contributed by atoms with E-state index in [1.54, 1.807) is 0 Å². The van der Waals surface area contributed by atoms with Gasteiger partial charge in [-0.3, -0.25) is 4.79 Å². The van der Waals surface area contributed by atoms with E-state index in [0.717, 1.165) is 34.2 Å². The number of alkyl halides is 3. The molecule has 0 unspecified atom stereocenters. The number of carbonyl (C=O) groups is 2. The summed E-state index contributed by atoms with van der Waals surface area (Å²) in [6.07, 6.45) is -4.28. The van der Waals surface area contributed by atoms with Crippen LogP contribution in [0.3, 0.4) is 0 Å². The van der Waals surface area contributed by atoms with Gasteiger partial charge in [-0.1, -0.05) is 35.9 Å². The van der Waals surface area contributed by atoms with Crippen molar-refractivity contribution in [3.8, 4) is 0 Å². The van der Waals surface area contributed by atoms with E-state index in [1.165, 1.54) is 4.90 Å². The summed E-state index contributed by atoms with van der Waals surface area (Å²) >= 11 is 6.01. The minimum Gasteiger partial charge on any atom is -0.307 e. The molecule has 0 aliphatic carbocycles. The number of rotatable bonds is 1. The van der Waals surface area contributed by atoms with Crippen LogP contribution in [0.4, 0.5) is 23.7 Å². The number of hydrogen-bond acceptors (Lipinski definition) is 2. The number of benzene rings is 2. The number of anilines is 1. The third kappa shape index (κ3) is 2.54. The first kappa shape index (κ1) is 16.9. The van der Waals surface area contributed by atoms with Crippen molar-refractivity contribution < 1.29 is 22.8 Å². The lowest BCUT2D eigenvalue weighted by Gasteiger charge is -2.28. The number of nitrogens with zero attached hydrogens (tertiary/aromatic N) is 2. The summed E-state index contributed by atoms with van der Waals surface area (Å²) in [6, 6.07) is 8.64. The van der Waals surface area contributed by atoms with Crippen LogP contribution in [0, 0.1) is 0 Å². The molecule has 2 aromatic rings. The SMILES string of the molecule is O=C1[C@@H]2Cc3ccccc3CN2C(=O)N1c1cc(C(F)(F)F)ccc1Cl. The van der Waals surface area contributed by atoms with Crippen LogP contribution in [0.15, 0.2) is 42.5 Å². The summed E-state index contributed by atoms with van der Waals surface area (Å²) < 4.78 is 39.0. The zero-order valence-corrected chi connectivity index (χ0v) is 14.0. The number of halogens is 4. The molecule has 0 saturated carbocycles. The molecule has 2 aromatic carbocycles. The zero-order valence-electron chi connectivity index (χ0n) is 13.3. The van der Waals surface area contributed by atoms with Gasteiger partial charge in [0.2, 0.25) is 0 Å². The van der Waals surface area contributed by atoms with E-state index < -0.39 is 29.7 Å². The van der Waals surface area contributed by atoms with Crippen LogP contribution in [-0.4, -0.2) is 22.9 Å². The molecule has 1 saturated heterocycles. The molecule has 1 atom stereocenters. The normalized spacial score (nSPS) is 19.6. The highest BCUT2D eigenvalue weighted by molar-refractivity contribution is 6.36. The van der Waals surface area contributed by atoms with Crippen LogP contribution >= 0.6 is 11.6 Å². The van der Waals surface area contributed by atoms with E-state index in [1.807, 2.05) is 24.3 Å². The van der Waals surface area contributed by atoms with Gasteiger partial charge in [-0.15, -0.1) is 0 Å². The van der Waals surface area contributed by atoms with Crippen molar-refractivity contribution >= 4 is 29.2 Å². The van der Waals surface area contributed by atoms with Crippen molar-refractivity contribution in [1.29, 1.82) is 0 Å². The lowest BCUT2D eigenvalue weighted by molar-refractivity contribution is -0.137. The van der Waals surface area contributed by atoms with Crippen LogP contribution in [0.5, 0.6) is 0 Å². The first-order valence-corrected chi connectivity index (χ1v) is 8.23. The largest absolute Gasteiger partial charge is 0.416 e. The first-order chi connectivity index (χ1) is 12.3. The summed E-state index contributed by atoms with van der Waals surface area (Å²) in [6.45, 7) is 0.235. The molecule has 2 aliphatic rings. The molecule has 134 valence electrons. The fourth-order valence-corrected chi connectivity index (χ4v) is 3.60. The Morgan fingerprint density at radius 2 is 1.73 bits per heavy atom. The Bertz CT molecular complexity index is 886. The minimum absolute atomic E-state index is 0.0861. The van der Waals surface area contributed by atoms with E-state index >= 15 is 0 Å². The van der Waals surface area contributed by atoms with Crippen molar-refractivity contribution in [2.45, 2.75) is 25.2 Å². The molecule has 26 heavy (non-hydrogen) atoms. The fraction of sp³-hybridized carbons (Fsp3) is 0.222. The molecule has 0 radical (unpaired) electrons. The molecule has 3 amide bonds. The van der Waals surface area contributed by atoms with Crippen LogP contribution < -0.4 is 4.90 Å². The van der Waals surface area contributed by atoms with E-state index in [2.05, 4.69) is 0 Å². The van der Waals surface area contributed by atoms with Gasteiger partial charge < -0.3 is 4.90 Å². The summed E-state index contributed by atoms with van der Waals surface area (Å²) in [4.78, 5) is 27.7. The molecule has 2 aliphatic heterocycles. The quantitative estimate of drug-likeness (QED) is 0.694. The maximum Gasteiger partial charge on any atom is 0.416 e. The Morgan fingerprint density at radius 1 is 1.04 bits per heavy atom. The lowest BCUT2D eigenvalue weighted by Crippen LogP contribution is -2.39. The Morgan fingerprint density at radius 3 is 2.42 bits per heavy atom.